The van der Waals surface area contributed by atoms with Crippen LogP contribution in [0.1, 0.15) is 19.3 Å². The maximum Gasteiger partial charge on any atom is 0.140 e. The first kappa shape index (κ1) is 13.3. The largest absolute Gasteiger partial charge is 0.489 e. The highest BCUT2D eigenvalue weighted by molar-refractivity contribution is 5.49. The van der Waals surface area contributed by atoms with Crippen LogP contribution < -0.4 is 20.3 Å². The van der Waals surface area contributed by atoms with E-state index in [2.05, 4.69) is 26.6 Å². The predicted octanol–water partition coefficient (Wildman–Crippen LogP) is 1.01. The third kappa shape index (κ3) is 2.99. The van der Waals surface area contributed by atoms with Gasteiger partial charge in [-0.05, 0) is 38.3 Å². The summed E-state index contributed by atoms with van der Waals surface area (Å²) in [5.41, 5.74) is 1.21. The average molecular weight is 288 g/mol. The molecule has 4 rings (SSSR count). The normalized spacial score (nSPS) is 29.6. The molecule has 1 aromatic rings. The Kier molecular flexibility index (Phi) is 3.69. The SMILES string of the molecule is c1ncc(N2CC3CNC(C3)C2)cc1OC1CCNCC1. The lowest BCUT2D eigenvalue weighted by atomic mass is 10.00. The third-order valence-electron chi connectivity index (χ3n) is 4.89. The van der Waals surface area contributed by atoms with Gasteiger partial charge in [-0.3, -0.25) is 4.98 Å². The van der Waals surface area contributed by atoms with Gasteiger partial charge >= 0.3 is 0 Å². The molecule has 2 N–H and O–H groups in total. The molecule has 0 aliphatic carbocycles. The Morgan fingerprint density at radius 1 is 1.19 bits per heavy atom. The molecule has 0 spiro atoms. The van der Waals surface area contributed by atoms with E-state index >= 15 is 0 Å². The molecule has 3 aliphatic rings. The van der Waals surface area contributed by atoms with Crippen molar-refractivity contribution in [3.8, 4) is 5.75 Å². The minimum Gasteiger partial charge on any atom is -0.489 e. The van der Waals surface area contributed by atoms with Crippen molar-refractivity contribution in [2.75, 3.05) is 37.6 Å². The summed E-state index contributed by atoms with van der Waals surface area (Å²) in [5, 5.41) is 6.97. The van der Waals surface area contributed by atoms with Crippen molar-refractivity contribution in [3.63, 3.8) is 0 Å². The molecule has 0 radical (unpaired) electrons. The fourth-order valence-corrected chi connectivity index (χ4v) is 3.79. The third-order valence-corrected chi connectivity index (χ3v) is 4.89. The quantitative estimate of drug-likeness (QED) is 0.869. The number of nitrogens with one attached hydrogen (secondary N) is 2. The van der Waals surface area contributed by atoms with Gasteiger partial charge in [0.25, 0.3) is 0 Å². The minimum absolute atomic E-state index is 0.336. The maximum atomic E-state index is 6.11. The molecule has 2 unspecified atom stereocenters. The fraction of sp³-hybridized carbons (Fsp3) is 0.688. The first-order valence-corrected chi connectivity index (χ1v) is 8.17. The Labute approximate surface area is 126 Å². The van der Waals surface area contributed by atoms with Crippen molar-refractivity contribution in [1.82, 2.24) is 15.6 Å². The Hall–Kier alpha value is -1.33. The molecule has 2 atom stereocenters. The highest BCUT2D eigenvalue weighted by Gasteiger charge is 2.32. The van der Waals surface area contributed by atoms with Crippen LogP contribution >= 0.6 is 0 Å². The number of fused-ring (bicyclic) bond motifs is 2. The summed E-state index contributed by atoms with van der Waals surface area (Å²) in [7, 11) is 0. The molecule has 3 fully saturated rings. The van der Waals surface area contributed by atoms with E-state index in [1.165, 1.54) is 18.7 Å². The number of aromatic nitrogens is 1. The van der Waals surface area contributed by atoms with Crippen LogP contribution in [0.2, 0.25) is 0 Å². The van der Waals surface area contributed by atoms with E-state index in [9.17, 15) is 0 Å². The zero-order valence-electron chi connectivity index (χ0n) is 12.4. The zero-order chi connectivity index (χ0) is 14.1. The second-order valence-electron chi connectivity index (χ2n) is 6.56. The van der Waals surface area contributed by atoms with Crippen LogP contribution in [-0.4, -0.2) is 49.9 Å². The second kappa shape index (κ2) is 5.81. The highest BCUT2D eigenvalue weighted by atomic mass is 16.5. The van der Waals surface area contributed by atoms with Gasteiger partial charge in [0.05, 0.1) is 18.1 Å². The number of anilines is 1. The van der Waals surface area contributed by atoms with Crippen molar-refractivity contribution in [1.29, 1.82) is 0 Å². The van der Waals surface area contributed by atoms with Gasteiger partial charge in [-0.1, -0.05) is 0 Å². The Balaban J connectivity index is 1.45. The van der Waals surface area contributed by atoms with Crippen LogP contribution in [0, 0.1) is 5.92 Å². The lowest BCUT2D eigenvalue weighted by Gasteiger charge is -2.33. The van der Waals surface area contributed by atoms with E-state index in [4.69, 9.17) is 4.74 Å². The number of pyridine rings is 1. The van der Waals surface area contributed by atoms with Crippen LogP contribution in [-0.2, 0) is 0 Å². The van der Waals surface area contributed by atoms with Crippen molar-refractivity contribution < 1.29 is 4.74 Å². The van der Waals surface area contributed by atoms with E-state index in [-0.39, 0.29) is 0 Å². The van der Waals surface area contributed by atoms with Crippen LogP contribution in [0.3, 0.4) is 0 Å². The molecule has 0 saturated carbocycles. The van der Waals surface area contributed by atoms with Gasteiger partial charge in [-0.15, -0.1) is 0 Å². The Morgan fingerprint density at radius 2 is 2.10 bits per heavy atom. The van der Waals surface area contributed by atoms with Crippen molar-refractivity contribution in [2.24, 2.45) is 5.92 Å². The van der Waals surface area contributed by atoms with Crippen molar-refractivity contribution in [2.45, 2.75) is 31.4 Å². The van der Waals surface area contributed by atoms with E-state index in [0.717, 1.165) is 50.7 Å². The van der Waals surface area contributed by atoms with E-state index in [1.807, 2.05) is 12.4 Å². The van der Waals surface area contributed by atoms with Gasteiger partial charge in [-0.25, -0.2) is 0 Å². The molecule has 21 heavy (non-hydrogen) atoms. The number of ether oxygens (including phenoxy) is 1. The van der Waals surface area contributed by atoms with Crippen LogP contribution in [0.5, 0.6) is 5.75 Å². The molecule has 5 heteroatoms. The van der Waals surface area contributed by atoms with Gasteiger partial charge in [0.2, 0.25) is 0 Å². The summed E-state index contributed by atoms with van der Waals surface area (Å²) in [5.74, 6) is 1.71. The first-order valence-electron chi connectivity index (χ1n) is 8.17. The summed E-state index contributed by atoms with van der Waals surface area (Å²) >= 11 is 0. The molecule has 4 heterocycles. The summed E-state index contributed by atoms with van der Waals surface area (Å²) in [6.45, 7) is 5.51. The van der Waals surface area contributed by atoms with Gasteiger partial charge in [0, 0.05) is 31.7 Å². The molecular formula is C16H24N4O. The molecule has 3 saturated heterocycles. The minimum atomic E-state index is 0.336. The highest BCUT2D eigenvalue weighted by Crippen LogP contribution is 2.28. The fourth-order valence-electron chi connectivity index (χ4n) is 3.79. The Morgan fingerprint density at radius 3 is 2.95 bits per heavy atom. The van der Waals surface area contributed by atoms with Crippen molar-refractivity contribution >= 4 is 5.69 Å². The molecular weight excluding hydrogens is 264 g/mol. The summed E-state index contributed by atoms with van der Waals surface area (Å²) in [4.78, 5) is 6.85. The van der Waals surface area contributed by atoms with Gasteiger partial charge < -0.3 is 20.3 Å². The zero-order valence-corrected chi connectivity index (χ0v) is 12.4. The van der Waals surface area contributed by atoms with Crippen LogP contribution in [0.4, 0.5) is 5.69 Å². The number of piperidine rings is 2. The Bertz CT molecular complexity index is 477. The summed E-state index contributed by atoms with van der Waals surface area (Å²) < 4.78 is 6.11. The van der Waals surface area contributed by atoms with Crippen LogP contribution in [0.15, 0.2) is 18.5 Å². The average Bonchev–Trinajstić information content (AvgIpc) is 2.87. The number of hydrogen-bond donors (Lipinski definition) is 2. The lowest BCUT2D eigenvalue weighted by molar-refractivity contribution is 0.162. The van der Waals surface area contributed by atoms with Crippen LogP contribution in [0.25, 0.3) is 0 Å². The molecule has 3 aliphatic heterocycles. The lowest BCUT2D eigenvalue weighted by Crippen LogP contribution is -2.41. The summed E-state index contributed by atoms with van der Waals surface area (Å²) in [6.07, 6.45) is 7.66. The van der Waals surface area contributed by atoms with Crippen molar-refractivity contribution in [3.05, 3.63) is 18.5 Å². The number of nitrogens with zero attached hydrogens (tertiary/aromatic N) is 2. The molecule has 1 aromatic heterocycles. The van der Waals surface area contributed by atoms with Gasteiger partial charge in [0.1, 0.15) is 11.9 Å². The molecule has 2 bridgehead atoms. The van der Waals surface area contributed by atoms with Gasteiger partial charge in [0.15, 0.2) is 0 Å². The molecule has 0 amide bonds. The molecule has 114 valence electrons. The number of hydrogen-bond acceptors (Lipinski definition) is 5. The second-order valence-corrected chi connectivity index (χ2v) is 6.56. The topological polar surface area (TPSA) is 49.4 Å². The van der Waals surface area contributed by atoms with E-state index in [1.54, 1.807) is 0 Å². The maximum absolute atomic E-state index is 6.11. The summed E-state index contributed by atoms with van der Waals surface area (Å²) in [6, 6.07) is 2.82. The van der Waals surface area contributed by atoms with Gasteiger partial charge in [-0.2, -0.15) is 0 Å². The smallest absolute Gasteiger partial charge is 0.140 e. The predicted molar refractivity (Wildman–Crippen MR) is 82.9 cm³/mol. The molecule has 0 aromatic carbocycles. The number of rotatable bonds is 3. The monoisotopic (exact) mass is 288 g/mol. The van der Waals surface area contributed by atoms with E-state index < -0.39 is 0 Å². The first-order chi connectivity index (χ1) is 10.4. The molecule has 5 nitrogen and oxygen atoms in total. The standard InChI is InChI=1S/C16H24N4O/c1-3-17-4-2-15(1)21-16-6-14(8-18-9-16)20-10-12-5-13(11-20)19-7-12/h6,8-9,12-13,15,17,19H,1-5,7,10-11H2. The van der Waals surface area contributed by atoms with E-state index in [0.29, 0.717) is 12.1 Å².